The van der Waals surface area contributed by atoms with Crippen molar-refractivity contribution in [2.24, 2.45) is 10.2 Å². The number of sulfonamides is 1. The number of benzene rings is 2. The molecule has 9 nitrogen and oxygen atoms in total. The Labute approximate surface area is 212 Å². The minimum Gasteiger partial charge on any atom is -0.384 e. The van der Waals surface area contributed by atoms with Crippen LogP contribution in [0.2, 0.25) is 0 Å². The SMILES string of the molecule is CC1=NN(c2ccc(F)c(F)c2)C(=O)/C1=N\NC1(NS(=O)(=O)C(F)(F)F)C=CC=C(c2ccccc2)C1O. The van der Waals surface area contributed by atoms with E-state index < -0.39 is 50.6 Å². The lowest BCUT2D eigenvalue weighted by Crippen LogP contribution is -2.65. The third-order valence-electron chi connectivity index (χ3n) is 5.56. The molecule has 1 amide bonds. The van der Waals surface area contributed by atoms with Gasteiger partial charge in [0, 0.05) is 6.07 Å². The molecule has 38 heavy (non-hydrogen) atoms. The van der Waals surface area contributed by atoms with Gasteiger partial charge in [-0.2, -0.15) is 33.1 Å². The summed E-state index contributed by atoms with van der Waals surface area (Å²) in [7, 11) is -6.05. The number of nitrogens with one attached hydrogen (secondary N) is 2. The molecule has 3 N–H and O–H groups in total. The number of hydrogen-bond donors (Lipinski definition) is 3. The number of hydrazone groups is 2. The van der Waals surface area contributed by atoms with Crippen molar-refractivity contribution in [3.05, 3.63) is 84.0 Å². The number of carbonyl (C=O) groups is 1. The molecule has 0 fully saturated rings. The van der Waals surface area contributed by atoms with Crippen LogP contribution in [-0.4, -0.2) is 48.1 Å². The van der Waals surface area contributed by atoms with Gasteiger partial charge in [-0.3, -0.25) is 10.2 Å². The zero-order valence-corrected chi connectivity index (χ0v) is 20.1. The number of allylic oxidation sites excluding steroid dienone is 2. The largest absolute Gasteiger partial charge is 0.511 e. The van der Waals surface area contributed by atoms with Crippen LogP contribution in [0.25, 0.3) is 5.57 Å². The minimum atomic E-state index is -6.05. The van der Waals surface area contributed by atoms with E-state index >= 15 is 0 Å². The van der Waals surface area contributed by atoms with E-state index in [4.69, 9.17) is 0 Å². The first-order valence-electron chi connectivity index (χ1n) is 10.7. The number of amides is 1. The van der Waals surface area contributed by atoms with Gasteiger partial charge in [-0.25, -0.2) is 17.2 Å². The molecule has 0 saturated carbocycles. The molecule has 0 radical (unpaired) electrons. The van der Waals surface area contributed by atoms with Gasteiger partial charge in [0.25, 0.3) is 0 Å². The first-order valence-corrected chi connectivity index (χ1v) is 12.2. The molecule has 2 aromatic rings. The maximum Gasteiger partial charge on any atom is 0.511 e. The lowest BCUT2D eigenvalue weighted by Gasteiger charge is -2.38. The highest BCUT2D eigenvalue weighted by Gasteiger charge is 2.53. The van der Waals surface area contributed by atoms with Crippen molar-refractivity contribution < 1.29 is 40.3 Å². The lowest BCUT2D eigenvalue weighted by molar-refractivity contribution is -0.112. The van der Waals surface area contributed by atoms with E-state index in [0.29, 0.717) is 16.6 Å². The summed E-state index contributed by atoms with van der Waals surface area (Å²) in [6.45, 7) is 1.30. The maximum atomic E-state index is 13.7. The summed E-state index contributed by atoms with van der Waals surface area (Å²) in [6, 6.07) is 10.5. The van der Waals surface area contributed by atoms with E-state index in [0.717, 1.165) is 18.2 Å². The monoisotopic (exact) mass is 555 g/mol. The molecule has 2 aromatic carbocycles. The van der Waals surface area contributed by atoms with Crippen LogP contribution >= 0.6 is 0 Å². The van der Waals surface area contributed by atoms with Crippen molar-refractivity contribution in [1.82, 2.24) is 10.1 Å². The van der Waals surface area contributed by atoms with E-state index in [-0.39, 0.29) is 17.0 Å². The number of carbonyl (C=O) groups excluding carboxylic acids is 1. The fourth-order valence-electron chi connectivity index (χ4n) is 3.67. The van der Waals surface area contributed by atoms with E-state index in [9.17, 15) is 40.3 Å². The number of alkyl halides is 3. The van der Waals surface area contributed by atoms with E-state index in [1.807, 2.05) is 0 Å². The Bertz CT molecular complexity index is 1510. The Kier molecular flexibility index (Phi) is 6.94. The van der Waals surface area contributed by atoms with Crippen LogP contribution in [0.15, 0.2) is 77.0 Å². The first kappa shape index (κ1) is 27.1. The van der Waals surface area contributed by atoms with E-state index in [2.05, 4.69) is 15.6 Å². The minimum absolute atomic E-state index is 0.0391. The van der Waals surface area contributed by atoms with Crippen LogP contribution in [0.5, 0.6) is 0 Å². The second kappa shape index (κ2) is 9.74. The molecule has 0 bridgehead atoms. The summed E-state index contributed by atoms with van der Waals surface area (Å²) in [5.41, 5.74) is -6.52. The number of aliphatic hydroxyl groups is 1. The van der Waals surface area contributed by atoms with Gasteiger partial charge in [0.05, 0.1) is 11.4 Å². The Hall–Kier alpha value is -3.95. The fourth-order valence-corrected chi connectivity index (χ4v) is 4.46. The molecule has 200 valence electrons. The summed E-state index contributed by atoms with van der Waals surface area (Å²) in [6.07, 6.45) is 1.50. The van der Waals surface area contributed by atoms with Gasteiger partial charge < -0.3 is 5.11 Å². The van der Waals surface area contributed by atoms with Gasteiger partial charge in [0.1, 0.15) is 6.10 Å². The highest BCUT2D eigenvalue weighted by molar-refractivity contribution is 7.90. The summed E-state index contributed by atoms with van der Waals surface area (Å²) in [5.74, 6) is -3.42. The maximum absolute atomic E-state index is 13.7. The van der Waals surface area contributed by atoms with Gasteiger partial charge in [-0.1, -0.05) is 42.5 Å². The van der Waals surface area contributed by atoms with E-state index in [1.54, 1.807) is 30.3 Å². The van der Waals surface area contributed by atoms with Crippen molar-refractivity contribution in [3.63, 3.8) is 0 Å². The van der Waals surface area contributed by atoms with Crippen LogP contribution in [0.3, 0.4) is 0 Å². The molecule has 15 heteroatoms. The Balaban J connectivity index is 1.72. The molecule has 0 aromatic heterocycles. The number of halogens is 5. The summed E-state index contributed by atoms with van der Waals surface area (Å²) >= 11 is 0. The number of nitrogens with zero attached hydrogens (tertiary/aromatic N) is 3. The second-order valence-corrected chi connectivity index (χ2v) is 9.82. The summed E-state index contributed by atoms with van der Waals surface area (Å²) in [5, 5.41) is 19.5. The van der Waals surface area contributed by atoms with Crippen LogP contribution in [0.4, 0.5) is 27.6 Å². The third-order valence-corrected chi connectivity index (χ3v) is 6.78. The van der Waals surface area contributed by atoms with Crippen LogP contribution < -0.4 is 15.2 Å². The highest BCUT2D eigenvalue weighted by Crippen LogP contribution is 2.33. The third kappa shape index (κ3) is 4.94. The number of aliphatic hydroxyl groups excluding tert-OH is 1. The predicted octanol–water partition coefficient (Wildman–Crippen LogP) is 2.78. The van der Waals surface area contributed by atoms with Gasteiger partial charge in [-0.15, -0.1) is 0 Å². The van der Waals surface area contributed by atoms with Crippen LogP contribution in [-0.2, 0) is 14.8 Å². The molecule has 1 aliphatic carbocycles. The van der Waals surface area contributed by atoms with Crippen molar-refractivity contribution in [3.8, 4) is 0 Å². The van der Waals surface area contributed by atoms with Gasteiger partial charge in [0.2, 0.25) is 0 Å². The molecular formula is C23H18F5N5O4S. The van der Waals surface area contributed by atoms with Crippen molar-refractivity contribution in [2.45, 2.75) is 24.2 Å². The van der Waals surface area contributed by atoms with Gasteiger partial charge in [-0.05, 0) is 36.3 Å². The zero-order chi connectivity index (χ0) is 27.9. The Morgan fingerprint density at radius 3 is 2.42 bits per heavy atom. The molecule has 2 atom stereocenters. The molecule has 1 heterocycles. The van der Waals surface area contributed by atoms with Crippen molar-refractivity contribution >= 4 is 38.6 Å². The molecule has 2 unspecified atom stereocenters. The molecule has 0 spiro atoms. The molecule has 1 aliphatic heterocycles. The second-order valence-electron chi connectivity index (χ2n) is 8.14. The first-order chi connectivity index (χ1) is 17.8. The topological polar surface area (TPSA) is 123 Å². The Morgan fingerprint density at radius 2 is 1.79 bits per heavy atom. The number of rotatable bonds is 6. The molecule has 4 rings (SSSR count). The van der Waals surface area contributed by atoms with Crippen molar-refractivity contribution in [1.29, 1.82) is 0 Å². The molecule has 2 aliphatic rings. The number of hydrogen-bond acceptors (Lipinski definition) is 7. The number of anilines is 1. The smallest absolute Gasteiger partial charge is 0.384 e. The Morgan fingerprint density at radius 1 is 1.11 bits per heavy atom. The average molecular weight is 555 g/mol. The lowest BCUT2D eigenvalue weighted by atomic mass is 9.87. The normalized spacial score (nSPS) is 23.0. The predicted molar refractivity (Wildman–Crippen MR) is 128 cm³/mol. The zero-order valence-electron chi connectivity index (χ0n) is 19.2. The highest BCUT2D eigenvalue weighted by atomic mass is 32.2. The standard InChI is InChI=1S/C23H18F5N5O4S/c1-13-19(21(35)33(30-13)15-9-10-17(24)18(25)12-15)29-31-22(32-38(36,37)23(26,27)28)11-5-8-16(20(22)34)14-6-3-2-4-7-14/h2-12,20,31-32,34H,1H3/b29-19-. The fraction of sp³-hybridized carbons (Fsp3) is 0.174. The van der Waals surface area contributed by atoms with Crippen molar-refractivity contribution in [2.75, 3.05) is 5.01 Å². The molecule has 0 saturated heterocycles. The quantitative estimate of drug-likeness (QED) is 0.288. The van der Waals surface area contributed by atoms with Gasteiger partial charge in [0.15, 0.2) is 23.0 Å². The van der Waals surface area contributed by atoms with Crippen LogP contribution in [0.1, 0.15) is 12.5 Å². The average Bonchev–Trinajstić information content (AvgIpc) is 3.14. The summed E-state index contributed by atoms with van der Waals surface area (Å²) in [4.78, 5) is 12.9. The molecular weight excluding hydrogens is 537 g/mol. The van der Waals surface area contributed by atoms with Gasteiger partial charge >= 0.3 is 21.4 Å². The van der Waals surface area contributed by atoms with E-state index in [1.165, 1.54) is 23.8 Å². The summed E-state index contributed by atoms with van der Waals surface area (Å²) < 4.78 is 92.4. The van der Waals surface area contributed by atoms with Crippen LogP contribution in [0, 0.1) is 11.6 Å².